The molecule has 0 saturated heterocycles. The monoisotopic (exact) mass is 522 g/mol. The van der Waals surface area contributed by atoms with Crippen molar-refractivity contribution in [2.24, 2.45) is 0 Å². The Labute approximate surface area is 224 Å². The average molecular weight is 523 g/mol. The molecule has 6 heteroatoms. The van der Waals surface area contributed by atoms with E-state index in [2.05, 4.69) is 5.32 Å². The molecule has 3 aromatic rings. The summed E-state index contributed by atoms with van der Waals surface area (Å²) in [5, 5.41) is 3.82. The van der Waals surface area contributed by atoms with Gasteiger partial charge in [0.2, 0.25) is 11.8 Å². The standard InChI is InChI=1S/C30H35ClN2O2S/c1-4-23(3)32-30(35)28(18-24-11-6-5-7-12-24)33(19-26-13-9-8-10-22(26)2)29(34)21-36-20-25-14-16-27(31)17-15-25/h5-17,23,28H,4,18-21H2,1-3H3,(H,32,35)/t23-,28+/m0/s1. The van der Waals surface area contributed by atoms with Crippen LogP contribution in [-0.4, -0.2) is 34.6 Å². The van der Waals surface area contributed by atoms with Crippen LogP contribution in [0.4, 0.5) is 0 Å². The molecule has 0 aliphatic carbocycles. The summed E-state index contributed by atoms with van der Waals surface area (Å²) in [5.41, 5.74) is 4.28. The lowest BCUT2D eigenvalue weighted by molar-refractivity contribution is -0.139. The second kappa shape index (κ2) is 14.1. The van der Waals surface area contributed by atoms with Crippen LogP contribution in [0.3, 0.4) is 0 Å². The van der Waals surface area contributed by atoms with Crippen LogP contribution in [0.1, 0.15) is 42.5 Å². The van der Waals surface area contributed by atoms with Crippen molar-refractivity contribution in [3.05, 3.63) is 106 Å². The van der Waals surface area contributed by atoms with Crippen molar-refractivity contribution in [1.82, 2.24) is 10.2 Å². The van der Waals surface area contributed by atoms with Gasteiger partial charge in [0.05, 0.1) is 5.75 Å². The molecule has 190 valence electrons. The van der Waals surface area contributed by atoms with Gasteiger partial charge in [-0.25, -0.2) is 0 Å². The molecule has 0 saturated carbocycles. The summed E-state index contributed by atoms with van der Waals surface area (Å²) >= 11 is 7.55. The van der Waals surface area contributed by atoms with Gasteiger partial charge >= 0.3 is 0 Å². The lowest BCUT2D eigenvalue weighted by Gasteiger charge is -2.32. The van der Waals surface area contributed by atoms with Crippen molar-refractivity contribution in [3.8, 4) is 0 Å². The summed E-state index contributed by atoms with van der Waals surface area (Å²) in [4.78, 5) is 29.0. The molecule has 36 heavy (non-hydrogen) atoms. The van der Waals surface area contributed by atoms with E-state index in [9.17, 15) is 9.59 Å². The molecule has 0 heterocycles. The Hall–Kier alpha value is -2.76. The number of aryl methyl sites for hydroxylation is 1. The van der Waals surface area contributed by atoms with Crippen LogP contribution in [0, 0.1) is 6.92 Å². The number of thioether (sulfide) groups is 1. The second-order valence-electron chi connectivity index (χ2n) is 9.09. The van der Waals surface area contributed by atoms with Gasteiger partial charge in [-0.1, -0.05) is 85.3 Å². The minimum atomic E-state index is -0.607. The zero-order valence-corrected chi connectivity index (χ0v) is 22.8. The molecule has 0 aliphatic rings. The maximum atomic E-state index is 13.7. The van der Waals surface area contributed by atoms with Gasteiger partial charge in [-0.3, -0.25) is 9.59 Å². The summed E-state index contributed by atoms with van der Waals surface area (Å²) in [6.07, 6.45) is 1.29. The predicted octanol–water partition coefficient (Wildman–Crippen LogP) is 6.44. The van der Waals surface area contributed by atoms with Crippen molar-refractivity contribution < 1.29 is 9.59 Å². The number of carbonyl (C=O) groups is 2. The first-order valence-electron chi connectivity index (χ1n) is 12.4. The van der Waals surface area contributed by atoms with E-state index in [1.54, 1.807) is 16.7 Å². The number of hydrogen-bond donors (Lipinski definition) is 1. The Morgan fingerprint density at radius 1 is 0.944 bits per heavy atom. The number of benzene rings is 3. The normalized spacial score (nSPS) is 12.6. The van der Waals surface area contributed by atoms with Gasteiger partial charge in [-0.2, -0.15) is 0 Å². The molecule has 0 fully saturated rings. The molecule has 0 spiro atoms. The van der Waals surface area contributed by atoms with Crippen molar-refractivity contribution in [2.75, 3.05) is 5.75 Å². The number of nitrogens with one attached hydrogen (secondary N) is 1. The lowest BCUT2D eigenvalue weighted by Crippen LogP contribution is -2.52. The molecule has 3 aromatic carbocycles. The predicted molar refractivity (Wildman–Crippen MR) is 151 cm³/mol. The van der Waals surface area contributed by atoms with E-state index in [-0.39, 0.29) is 23.6 Å². The quantitative estimate of drug-likeness (QED) is 0.298. The summed E-state index contributed by atoms with van der Waals surface area (Å²) in [7, 11) is 0. The fourth-order valence-corrected chi connectivity index (χ4v) is 4.88. The van der Waals surface area contributed by atoms with Gasteiger partial charge in [0.25, 0.3) is 0 Å². The fraction of sp³-hybridized carbons (Fsp3) is 0.333. The smallest absolute Gasteiger partial charge is 0.243 e. The van der Waals surface area contributed by atoms with Crippen molar-refractivity contribution in [1.29, 1.82) is 0 Å². The van der Waals surface area contributed by atoms with Gasteiger partial charge < -0.3 is 10.2 Å². The van der Waals surface area contributed by atoms with Crippen LogP contribution in [0.25, 0.3) is 0 Å². The Bertz CT molecular complexity index is 1120. The third-order valence-electron chi connectivity index (χ3n) is 6.28. The van der Waals surface area contributed by atoms with Gasteiger partial charge in [0, 0.05) is 29.8 Å². The van der Waals surface area contributed by atoms with Gasteiger partial charge in [-0.15, -0.1) is 11.8 Å². The molecule has 3 rings (SSSR count). The summed E-state index contributed by atoms with van der Waals surface area (Å²) < 4.78 is 0. The third kappa shape index (κ3) is 8.42. The van der Waals surface area contributed by atoms with Crippen LogP contribution in [0.5, 0.6) is 0 Å². The van der Waals surface area contributed by atoms with Crippen molar-refractivity contribution in [3.63, 3.8) is 0 Å². The number of carbonyl (C=O) groups excluding carboxylic acids is 2. The van der Waals surface area contributed by atoms with Crippen LogP contribution in [0.2, 0.25) is 5.02 Å². The zero-order chi connectivity index (χ0) is 25.9. The highest BCUT2D eigenvalue weighted by Crippen LogP contribution is 2.20. The van der Waals surface area contributed by atoms with E-state index in [0.717, 1.165) is 28.7 Å². The minimum Gasteiger partial charge on any atom is -0.352 e. The van der Waals surface area contributed by atoms with Gasteiger partial charge in [0.1, 0.15) is 6.04 Å². The Morgan fingerprint density at radius 2 is 1.61 bits per heavy atom. The topological polar surface area (TPSA) is 49.4 Å². The summed E-state index contributed by atoms with van der Waals surface area (Å²) in [5.74, 6) is 0.829. The van der Waals surface area contributed by atoms with Crippen LogP contribution in [0.15, 0.2) is 78.9 Å². The van der Waals surface area contributed by atoms with Crippen LogP contribution >= 0.6 is 23.4 Å². The summed E-state index contributed by atoms with van der Waals surface area (Å²) in [6.45, 7) is 6.46. The molecule has 0 aromatic heterocycles. The van der Waals surface area contributed by atoms with Crippen LogP contribution < -0.4 is 5.32 Å². The maximum Gasteiger partial charge on any atom is 0.243 e. The molecule has 0 radical (unpaired) electrons. The van der Waals surface area contributed by atoms with E-state index in [4.69, 9.17) is 11.6 Å². The lowest BCUT2D eigenvalue weighted by atomic mass is 10.0. The Balaban J connectivity index is 1.86. The highest BCUT2D eigenvalue weighted by atomic mass is 35.5. The molecule has 1 N–H and O–H groups in total. The molecule has 2 atom stereocenters. The minimum absolute atomic E-state index is 0.0328. The molecule has 4 nitrogen and oxygen atoms in total. The first-order chi connectivity index (χ1) is 17.4. The number of nitrogens with zero attached hydrogens (tertiary/aromatic N) is 1. The highest BCUT2D eigenvalue weighted by molar-refractivity contribution is 7.99. The molecular formula is C30H35ClN2O2S. The van der Waals surface area contributed by atoms with E-state index in [0.29, 0.717) is 23.7 Å². The fourth-order valence-electron chi connectivity index (χ4n) is 3.89. The third-order valence-corrected chi connectivity index (χ3v) is 7.52. The number of rotatable bonds is 12. The summed E-state index contributed by atoms with van der Waals surface area (Å²) in [6, 6.07) is 25.0. The Kier molecular flexibility index (Phi) is 10.9. The van der Waals surface area contributed by atoms with Gasteiger partial charge in [0.15, 0.2) is 0 Å². The number of amides is 2. The molecule has 0 bridgehead atoms. The number of hydrogen-bond acceptors (Lipinski definition) is 3. The first-order valence-corrected chi connectivity index (χ1v) is 13.9. The second-order valence-corrected chi connectivity index (χ2v) is 10.5. The Morgan fingerprint density at radius 3 is 2.28 bits per heavy atom. The van der Waals surface area contributed by atoms with Crippen LogP contribution in [-0.2, 0) is 28.3 Å². The average Bonchev–Trinajstić information content (AvgIpc) is 2.88. The van der Waals surface area contributed by atoms with Crippen molar-refractivity contribution >= 4 is 35.2 Å². The zero-order valence-electron chi connectivity index (χ0n) is 21.2. The van der Waals surface area contributed by atoms with E-state index in [1.165, 1.54) is 0 Å². The maximum absolute atomic E-state index is 13.7. The first kappa shape index (κ1) is 27.8. The largest absolute Gasteiger partial charge is 0.352 e. The molecule has 0 unspecified atom stereocenters. The van der Waals surface area contributed by atoms with Gasteiger partial charge in [-0.05, 0) is 54.7 Å². The van der Waals surface area contributed by atoms with E-state index < -0.39 is 6.04 Å². The van der Waals surface area contributed by atoms with Crippen molar-refractivity contribution in [2.45, 2.75) is 58.0 Å². The van der Waals surface area contributed by atoms with E-state index >= 15 is 0 Å². The molecule has 0 aliphatic heterocycles. The number of halogens is 1. The highest BCUT2D eigenvalue weighted by Gasteiger charge is 2.31. The van der Waals surface area contributed by atoms with E-state index in [1.807, 2.05) is 99.6 Å². The molecule has 2 amide bonds. The molecular weight excluding hydrogens is 488 g/mol. The SMILES string of the molecule is CC[C@H](C)NC(=O)[C@@H](Cc1ccccc1)N(Cc1ccccc1C)C(=O)CSCc1ccc(Cl)cc1.